The van der Waals surface area contributed by atoms with Gasteiger partial charge in [0, 0.05) is 5.56 Å². The number of pyridine rings is 1. The smallest absolute Gasteiger partial charge is 0.127 e. The summed E-state index contributed by atoms with van der Waals surface area (Å²) in [6.07, 6.45) is 1.61. The third-order valence-electron chi connectivity index (χ3n) is 3.38. The predicted molar refractivity (Wildman–Crippen MR) is 91.0 cm³/mol. The highest BCUT2D eigenvalue weighted by molar-refractivity contribution is 5.64. The number of halogens is 1. The van der Waals surface area contributed by atoms with Crippen LogP contribution in [-0.2, 0) is 0 Å². The molecule has 0 bridgehead atoms. The number of aromatic nitrogens is 1. The lowest BCUT2D eigenvalue weighted by atomic mass is 10.1. The summed E-state index contributed by atoms with van der Waals surface area (Å²) in [5.74, 6) is 0.882. The minimum absolute atomic E-state index is 0.306. The summed E-state index contributed by atoms with van der Waals surface area (Å²) in [4.78, 5) is 4.44. The molecule has 2 aromatic carbocycles. The molecule has 0 amide bonds. The first-order valence-electron chi connectivity index (χ1n) is 7.26. The van der Waals surface area contributed by atoms with Crippen LogP contribution in [-0.4, -0.2) is 4.98 Å². The number of ether oxygens (including phenoxy) is 1. The van der Waals surface area contributed by atoms with Crippen molar-refractivity contribution in [3.8, 4) is 28.8 Å². The molecule has 1 aromatic heterocycles. The molecule has 0 aliphatic carbocycles. The second kappa shape index (κ2) is 6.76. The summed E-state index contributed by atoms with van der Waals surface area (Å²) in [6, 6.07) is 18.7. The number of benzene rings is 2. The Morgan fingerprint density at radius 1 is 1.00 bits per heavy atom. The number of nitriles is 1. The van der Waals surface area contributed by atoms with Crippen LogP contribution in [0.1, 0.15) is 11.3 Å². The Labute approximate surface area is 139 Å². The van der Waals surface area contributed by atoms with E-state index < -0.39 is 0 Å². The Balaban J connectivity index is 1.85. The fourth-order valence-corrected chi connectivity index (χ4v) is 2.20. The fourth-order valence-electron chi connectivity index (χ4n) is 2.20. The van der Waals surface area contributed by atoms with Crippen LogP contribution in [0.25, 0.3) is 17.3 Å². The van der Waals surface area contributed by atoms with Gasteiger partial charge >= 0.3 is 0 Å². The van der Waals surface area contributed by atoms with Gasteiger partial charge in [0.2, 0.25) is 0 Å². The zero-order valence-corrected chi connectivity index (χ0v) is 12.7. The second-order valence-corrected chi connectivity index (χ2v) is 5.06. The summed E-state index contributed by atoms with van der Waals surface area (Å²) in [5.41, 5.74) is 2.73. The highest BCUT2D eigenvalue weighted by atomic mass is 19.1. The average Bonchev–Trinajstić information content (AvgIpc) is 2.63. The van der Waals surface area contributed by atoms with Crippen molar-refractivity contribution >= 4 is 6.08 Å². The van der Waals surface area contributed by atoms with Crippen molar-refractivity contribution in [3.63, 3.8) is 0 Å². The van der Waals surface area contributed by atoms with E-state index in [-0.39, 0.29) is 5.82 Å². The SMILES string of the molecule is C=Cc1cc(C#N)cc(-c2ccc(Oc3ccc(F)cc3)cc2)n1. The van der Waals surface area contributed by atoms with Crippen LogP contribution in [0.5, 0.6) is 11.5 Å². The number of hydrogen-bond acceptors (Lipinski definition) is 3. The van der Waals surface area contributed by atoms with Crippen LogP contribution in [0.3, 0.4) is 0 Å². The Hall–Kier alpha value is -3.45. The summed E-state index contributed by atoms with van der Waals surface area (Å²) < 4.78 is 18.6. The number of nitrogens with zero attached hydrogens (tertiary/aromatic N) is 2. The maximum atomic E-state index is 12.9. The quantitative estimate of drug-likeness (QED) is 0.665. The van der Waals surface area contributed by atoms with Crippen molar-refractivity contribution < 1.29 is 9.13 Å². The molecule has 116 valence electrons. The van der Waals surface area contributed by atoms with Gasteiger partial charge in [-0.2, -0.15) is 5.26 Å². The fraction of sp³-hybridized carbons (Fsp3) is 0. The van der Waals surface area contributed by atoms with Gasteiger partial charge in [0.05, 0.1) is 23.0 Å². The zero-order chi connectivity index (χ0) is 16.9. The second-order valence-electron chi connectivity index (χ2n) is 5.06. The molecule has 0 saturated carbocycles. The van der Waals surface area contributed by atoms with Gasteiger partial charge in [-0.3, -0.25) is 0 Å². The van der Waals surface area contributed by atoms with E-state index in [0.717, 1.165) is 5.56 Å². The molecule has 0 aliphatic heterocycles. The highest BCUT2D eigenvalue weighted by Crippen LogP contribution is 2.26. The third kappa shape index (κ3) is 3.47. The van der Waals surface area contributed by atoms with Gasteiger partial charge in [-0.25, -0.2) is 9.37 Å². The molecular weight excluding hydrogens is 303 g/mol. The molecule has 0 fully saturated rings. The number of rotatable bonds is 4. The number of hydrogen-bond donors (Lipinski definition) is 0. The van der Waals surface area contributed by atoms with Crippen LogP contribution in [0.15, 0.2) is 67.2 Å². The van der Waals surface area contributed by atoms with E-state index in [1.54, 1.807) is 42.5 Å². The topological polar surface area (TPSA) is 45.9 Å². The van der Waals surface area contributed by atoms with Crippen molar-refractivity contribution in [1.82, 2.24) is 4.98 Å². The molecule has 0 atom stereocenters. The molecule has 24 heavy (non-hydrogen) atoms. The normalized spacial score (nSPS) is 10.0. The van der Waals surface area contributed by atoms with Crippen LogP contribution >= 0.6 is 0 Å². The lowest BCUT2D eigenvalue weighted by molar-refractivity contribution is 0.480. The van der Waals surface area contributed by atoms with Crippen molar-refractivity contribution in [2.75, 3.05) is 0 Å². The minimum atomic E-state index is -0.306. The van der Waals surface area contributed by atoms with Crippen LogP contribution in [0.2, 0.25) is 0 Å². The van der Waals surface area contributed by atoms with Crippen molar-refractivity contribution in [3.05, 3.63) is 84.3 Å². The van der Waals surface area contributed by atoms with Crippen molar-refractivity contribution in [1.29, 1.82) is 5.26 Å². The van der Waals surface area contributed by atoms with Crippen molar-refractivity contribution in [2.24, 2.45) is 0 Å². The summed E-state index contributed by atoms with van der Waals surface area (Å²) in [7, 11) is 0. The molecule has 0 spiro atoms. The summed E-state index contributed by atoms with van der Waals surface area (Å²) >= 11 is 0. The Morgan fingerprint density at radius 2 is 1.62 bits per heavy atom. The Kier molecular flexibility index (Phi) is 4.35. The van der Waals surface area contributed by atoms with Gasteiger partial charge in [0.15, 0.2) is 0 Å². The first-order chi connectivity index (χ1) is 11.7. The van der Waals surface area contributed by atoms with Gasteiger partial charge in [-0.1, -0.05) is 6.58 Å². The Morgan fingerprint density at radius 3 is 2.21 bits per heavy atom. The summed E-state index contributed by atoms with van der Waals surface area (Å²) in [5, 5.41) is 9.10. The van der Waals surface area contributed by atoms with E-state index in [4.69, 9.17) is 10.00 Å². The molecule has 3 aromatic rings. The van der Waals surface area contributed by atoms with E-state index in [0.29, 0.717) is 28.5 Å². The maximum Gasteiger partial charge on any atom is 0.127 e. The minimum Gasteiger partial charge on any atom is -0.457 e. The zero-order valence-electron chi connectivity index (χ0n) is 12.7. The molecule has 0 unspecified atom stereocenters. The van der Waals surface area contributed by atoms with Crippen LogP contribution in [0.4, 0.5) is 4.39 Å². The van der Waals surface area contributed by atoms with Crippen LogP contribution < -0.4 is 4.74 Å². The van der Waals surface area contributed by atoms with E-state index in [2.05, 4.69) is 17.6 Å². The molecule has 0 N–H and O–H groups in total. The Bertz CT molecular complexity index is 910. The standard InChI is InChI=1S/C20H13FN2O/c1-2-17-11-14(13-22)12-20(23-17)15-3-7-18(8-4-15)24-19-9-5-16(21)6-10-19/h2-12H,1H2. The first kappa shape index (κ1) is 15.4. The molecule has 0 radical (unpaired) electrons. The molecular formula is C20H13FN2O. The van der Waals surface area contributed by atoms with E-state index in [1.807, 2.05) is 12.1 Å². The van der Waals surface area contributed by atoms with E-state index in [1.165, 1.54) is 12.1 Å². The molecule has 4 heteroatoms. The highest BCUT2D eigenvalue weighted by Gasteiger charge is 2.05. The van der Waals surface area contributed by atoms with Crippen molar-refractivity contribution in [2.45, 2.75) is 0 Å². The predicted octanol–water partition coefficient (Wildman–Crippen LogP) is 5.19. The van der Waals surface area contributed by atoms with Crippen LogP contribution in [0, 0.1) is 17.1 Å². The van der Waals surface area contributed by atoms with Gasteiger partial charge in [0.25, 0.3) is 0 Å². The summed E-state index contributed by atoms with van der Waals surface area (Å²) in [6.45, 7) is 3.69. The van der Waals surface area contributed by atoms with Gasteiger partial charge in [0.1, 0.15) is 17.3 Å². The lowest BCUT2D eigenvalue weighted by Gasteiger charge is -2.07. The van der Waals surface area contributed by atoms with Gasteiger partial charge < -0.3 is 4.74 Å². The molecule has 0 aliphatic rings. The van der Waals surface area contributed by atoms with E-state index in [9.17, 15) is 4.39 Å². The monoisotopic (exact) mass is 316 g/mol. The van der Waals surface area contributed by atoms with E-state index >= 15 is 0 Å². The largest absolute Gasteiger partial charge is 0.457 e. The molecule has 0 saturated heterocycles. The molecule has 1 heterocycles. The molecule has 3 rings (SSSR count). The molecule has 3 nitrogen and oxygen atoms in total. The third-order valence-corrected chi connectivity index (χ3v) is 3.38. The lowest BCUT2D eigenvalue weighted by Crippen LogP contribution is -1.90. The first-order valence-corrected chi connectivity index (χ1v) is 7.26. The maximum absolute atomic E-state index is 12.9. The van der Waals surface area contributed by atoms with Gasteiger partial charge in [-0.15, -0.1) is 0 Å². The van der Waals surface area contributed by atoms with Gasteiger partial charge in [-0.05, 0) is 66.7 Å². The average molecular weight is 316 g/mol.